The Bertz CT molecular complexity index is 701. The van der Waals surface area contributed by atoms with Crippen molar-refractivity contribution in [2.24, 2.45) is 0 Å². The van der Waals surface area contributed by atoms with E-state index in [1.807, 2.05) is 48.5 Å². The Morgan fingerprint density at radius 2 is 1.52 bits per heavy atom. The van der Waals surface area contributed by atoms with Crippen LogP contribution < -0.4 is 10.1 Å². The first-order valence-electron chi connectivity index (χ1n) is 7.07. The van der Waals surface area contributed by atoms with E-state index in [0.29, 0.717) is 5.95 Å². The molecule has 0 spiro atoms. The van der Waals surface area contributed by atoms with Crippen LogP contribution in [0.15, 0.2) is 71.5 Å². The van der Waals surface area contributed by atoms with Gasteiger partial charge in [0.15, 0.2) is 0 Å². The van der Waals surface area contributed by atoms with Crippen LogP contribution in [-0.4, -0.2) is 17.1 Å². The second-order valence-corrected chi connectivity index (χ2v) is 5.64. The lowest BCUT2D eigenvalue weighted by Gasteiger charge is -2.03. The predicted octanol–water partition coefficient (Wildman–Crippen LogP) is 4.99. The summed E-state index contributed by atoms with van der Waals surface area (Å²) in [4.78, 5) is 8.13. The van der Waals surface area contributed by atoms with Crippen LogP contribution in [0.2, 0.25) is 0 Å². The van der Waals surface area contributed by atoms with Crippen molar-refractivity contribution in [3.8, 4) is 5.75 Å². The van der Waals surface area contributed by atoms with Gasteiger partial charge < -0.3 is 10.1 Å². The van der Waals surface area contributed by atoms with Gasteiger partial charge in [0.2, 0.25) is 5.95 Å². The van der Waals surface area contributed by atoms with E-state index in [-0.39, 0.29) is 0 Å². The summed E-state index contributed by atoms with van der Waals surface area (Å²) in [6.45, 7) is 2.06. The first-order valence-corrected chi connectivity index (χ1v) is 7.87. The number of ether oxygens (including phenoxy) is 1. The highest BCUT2D eigenvalue weighted by Crippen LogP contribution is 2.16. The summed E-state index contributed by atoms with van der Waals surface area (Å²) in [5.74, 6) is 1.52. The molecule has 0 aliphatic carbocycles. The molecular weight excluding hydrogens is 354 g/mol. The molecule has 0 saturated carbocycles. The molecule has 0 atom stereocenters. The molecule has 0 saturated heterocycles. The number of methoxy groups -OCH3 is 1. The summed E-state index contributed by atoms with van der Waals surface area (Å²) in [6, 6.07) is 17.6. The summed E-state index contributed by atoms with van der Waals surface area (Å²) in [5.41, 5.74) is 2.23. The van der Waals surface area contributed by atoms with E-state index in [9.17, 15) is 0 Å². The molecule has 3 rings (SSSR count). The number of hydrogen-bond donors (Lipinski definition) is 1. The maximum absolute atomic E-state index is 4.97. The highest BCUT2D eigenvalue weighted by Gasteiger charge is 1.94. The maximum atomic E-state index is 4.97. The SMILES string of the molecule is Brc1ccc(Nc2ncccn2)cc1.COc1ccc(C)cc1. The number of aryl methyl sites for hydroxylation is 1. The number of aromatic nitrogens is 2. The molecule has 4 nitrogen and oxygen atoms in total. The van der Waals surface area contributed by atoms with Crippen molar-refractivity contribution in [3.63, 3.8) is 0 Å². The lowest BCUT2D eigenvalue weighted by Crippen LogP contribution is -1.94. The van der Waals surface area contributed by atoms with Crippen LogP contribution in [0.3, 0.4) is 0 Å². The molecule has 1 N–H and O–H groups in total. The van der Waals surface area contributed by atoms with Crippen LogP contribution in [0.1, 0.15) is 5.56 Å². The van der Waals surface area contributed by atoms with Gasteiger partial charge in [-0.3, -0.25) is 0 Å². The van der Waals surface area contributed by atoms with Gasteiger partial charge in [-0.2, -0.15) is 0 Å². The molecule has 0 aliphatic heterocycles. The van der Waals surface area contributed by atoms with Crippen LogP contribution in [0.5, 0.6) is 5.75 Å². The third kappa shape index (κ3) is 6.08. The Labute approximate surface area is 144 Å². The molecular formula is C18H18BrN3O. The average Bonchev–Trinajstić information content (AvgIpc) is 2.59. The molecule has 0 unspecified atom stereocenters. The third-order valence-corrected chi connectivity index (χ3v) is 3.45. The number of benzene rings is 2. The summed E-state index contributed by atoms with van der Waals surface area (Å²) in [6.07, 6.45) is 3.41. The van der Waals surface area contributed by atoms with Crippen molar-refractivity contribution >= 4 is 27.6 Å². The van der Waals surface area contributed by atoms with E-state index in [1.165, 1.54) is 5.56 Å². The largest absolute Gasteiger partial charge is 0.497 e. The molecule has 1 heterocycles. The van der Waals surface area contributed by atoms with Gasteiger partial charge in [-0.05, 0) is 49.4 Å². The molecule has 118 valence electrons. The Morgan fingerprint density at radius 1 is 0.913 bits per heavy atom. The minimum Gasteiger partial charge on any atom is -0.497 e. The van der Waals surface area contributed by atoms with Crippen molar-refractivity contribution in [1.82, 2.24) is 9.97 Å². The van der Waals surface area contributed by atoms with Gasteiger partial charge in [0.25, 0.3) is 0 Å². The third-order valence-electron chi connectivity index (χ3n) is 2.92. The van der Waals surface area contributed by atoms with Gasteiger partial charge in [0.1, 0.15) is 5.75 Å². The number of hydrogen-bond acceptors (Lipinski definition) is 4. The second-order valence-electron chi connectivity index (χ2n) is 4.72. The van der Waals surface area contributed by atoms with Gasteiger partial charge in [-0.1, -0.05) is 33.6 Å². The first kappa shape index (κ1) is 17.0. The van der Waals surface area contributed by atoms with Crippen LogP contribution in [-0.2, 0) is 0 Å². The molecule has 3 aromatic rings. The lowest BCUT2D eigenvalue weighted by molar-refractivity contribution is 0.414. The molecule has 1 aromatic heterocycles. The quantitative estimate of drug-likeness (QED) is 0.704. The zero-order valence-corrected chi connectivity index (χ0v) is 14.6. The normalized spacial score (nSPS) is 9.52. The minimum atomic E-state index is 0.606. The van der Waals surface area contributed by atoms with Gasteiger partial charge in [0.05, 0.1) is 7.11 Å². The van der Waals surface area contributed by atoms with Crippen molar-refractivity contribution in [3.05, 3.63) is 77.0 Å². The smallest absolute Gasteiger partial charge is 0.227 e. The van der Waals surface area contributed by atoms with E-state index in [1.54, 1.807) is 25.6 Å². The van der Waals surface area contributed by atoms with Crippen molar-refractivity contribution in [2.75, 3.05) is 12.4 Å². The number of nitrogens with one attached hydrogen (secondary N) is 1. The molecule has 0 aliphatic rings. The predicted molar refractivity (Wildman–Crippen MR) is 97.2 cm³/mol. The fourth-order valence-corrected chi connectivity index (χ4v) is 1.96. The fraction of sp³-hybridized carbons (Fsp3) is 0.111. The average molecular weight is 372 g/mol. The first-order chi connectivity index (χ1) is 11.2. The Balaban J connectivity index is 0.000000185. The van der Waals surface area contributed by atoms with Crippen LogP contribution in [0, 0.1) is 6.92 Å². The van der Waals surface area contributed by atoms with Gasteiger partial charge >= 0.3 is 0 Å². The van der Waals surface area contributed by atoms with Crippen LogP contribution >= 0.6 is 15.9 Å². The van der Waals surface area contributed by atoms with E-state index in [0.717, 1.165) is 15.9 Å². The molecule has 23 heavy (non-hydrogen) atoms. The monoisotopic (exact) mass is 371 g/mol. The van der Waals surface area contributed by atoms with Crippen LogP contribution in [0.25, 0.3) is 0 Å². The summed E-state index contributed by atoms with van der Waals surface area (Å²) >= 11 is 3.37. The second kappa shape index (κ2) is 8.90. The van der Waals surface area contributed by atoms with Gasteiger partial charge in [0, 0.05) is 22.6 Å². The van der Waals surface area contributed by atoms with Crippen molar-refractivity contribution in [2.45, 2.75) is 6.92 Å². The molecule has 0 bridgehead atoms. The summed E-state index contributed by atoms with van der Waals surface area (Å²) in [5, 5.41) is 3.09. The molecule has 0 amide bonds. The number of rotatable bonds is 3. The fourth-order valence-electron chi connectivity index (χ4n) is 1.70. The number of anilines is 2. The van der Waals surface area contributed by atoms with Crippen molar-refractivity contribution in [1.29, 1.82) is 0 Å². The molecule has 0 fully saturated rings. The number of halogens is 1. The summed E-state index contributed by atoms with van der Waals surface area (Å²) < 4.78 is 6.02. The highest BCUT2D eigenvalue weighted by molar-refractivity contribution is 9.10. The Morgan fingerprint density at radius 3 is 2.09 bits per heavy atom. The van der Waals surface area contributed by atoms with E-state index < -0.39 is 0 Å². The molecule has 0 radical (unpaired) electrons. The van der Waals surface area contributed by atoms with E-state index >= 15 is 0 Å². The zero-order chi connectivity index (χ0) is 16.5. The van der Waals surface area contributed by atoms with E-state index in [2.05, 4.69) is 38.1 Å². The number of nitrogens with zero attached hydrogens (tertiary/aromatic N) is 2. The van der Waals surface area contributed by atoms with Crippen molar-refractivity contribution < 1.29 is 4.74 Å². The summed E-state index contributed by atoms with van der Waals surface area (Å²) in [7, 11) is 1.67. The lowest BCUT2D eigenvalue weighted by atomic mass is 10.2. The molecule has 2 aromatic carbocycles. The molecule has 5 heteroatoms. The Kier molecular flexibility index (Phi) is 6.56. The Hall–Kier alpha value is -2.40. The van der Waals surface area contributed by atoms with Gasteiger partial charge in [-0.15, -0.1) is 0 Å². The van der Waals surface area contributed by atoms with E-state index in [4.69, 9.17) is 4.74 Å². The van der Waals surface area contributed by atoms with Gasteiger partial charge in [-0.25, -0.2) is 9.97 Å². The maximum Gasteiger partial charge on any atom is 0.227 e. The zero-order valence-electron chi connectivity index (χ0n) is 13.0. The highest BCUT2D eigenvalue weighted by atomic mass is 79.9. The van der Waals surface area contributed by atoms with Crippen LogP contribution in [0.4, 0.5) is 11.6 Å². The minimum absolute atomic E-state index is 0.606. The standard InChI is InChI=1S/C10H8BrN3.C8H10O/c11-8-2-4-9(5-3-8)14-10-12-6-1-7-13-10;1-7-3-5-8(9-2)6-4-7/h1-7H,(H,12,13,14);3-6H,1-2H3. The topological polar surface area (TPSA) is 47.0 Å².